The molecule has 0 heterocycles. The first-order chi connectivity index (χ1) is 26.2. The van der Waals surface area contributed by atoms with Crippen LogP contribution < -0.4 is 14.2 Å². The molecular formula is C46H58O8. The highest BCUT2D eigenvalue weighted by molar-refractivity contribution is 5.89. The van der Waals surface area contributed by atoms with Gasteiger partial charge in [0.25, 0.3) is 0 Å². The van der Waals surface area contributed by atoms with E-state index in [0.29, 0.717) is 32.7 Å². The number of fused-ring (bicyclic) bond motifs is 2. The van der Waals surface area contributed by atoms with E-state index in [9.17, 15) is 9.59 Å². The Bertz CT molecular complexity index is 1710. The van der Waals surface area contributed by atoms with Crippen molar-refractivity contribution in [1.29, 1.82) is 0 Å². The number of hydrogen-bond acceptors (Lipinski definition) is 8. The molecule has 7 atom stereocenters. The van der Waals surface area contributed by atoms with E-state index < -0.39 is 10.8 Å². The van der Waals surface area contributed by atoms with Crippen LogP contribution in [0.3, 0.4) is 0 Å². The van der Waals surface area contributed by atoms with Crippen LogP contribution >= 0.6 is 0 Å². The van der Waals surface area contributed by atoms with Crippen molar-refractivity contribution < 1.29 is 38.0 Å². The largest absolute Gasteiger partial charge is 0.497 e. The Hall–Kier alpha value is -4.14. The number of ether oxygens (including phenoxy) is 6. The maximum atomic E-state index is 14.8. The van der Waals surface area contributed by atoms with Crippen LogP contribution in [-0.4, -0.2) is 46.3 Å². The molecule has 8 heteroatoms. The summed E-state index contributed by atoms with van der Waals surface area (Å²) in [6.07, 6.45) is 8.20. The van der Waals surface area contributed by atoms with Gasteiger partial charge in [-0.15, -0.1) is 0 Å². The van der Waals surface area contributed by atoms with Gasteiger partial charge in [-0.3, -0.25) is 4.79 Å². The van der Waals surface area contributed by atoms with E-state index in [2.05, 4.69) is 26.8 Å². The molecule has 3 aromatic rings. The van der Waals surface area contributed by atoms with Gasteiger partial charge in [0.15, 0.2) is 0 Å². The lowest BCUT2D eigenvalue weighted by molar-refractivity contribution is -0.167. The van der Waals surface area contributed by atoms with Crippen molar-refractivity contribution >= 4 is 12.3 Å². The van der Waals surface area contributed by atoms with E-state index in [-0.39, 0.29) is 48.3 Å². The third-order valence-electron chi connectivity index (χ3n) is 12.6. The monoisotopic (exact) mass is 738 g/mol. The van der Waals surface area contributed by atoms with Crippen molar-refractivity contribution in [3.63, 3.8) is 0 Å². The minimum Gasteiger partial charge on any atom is -0.497 e. The number of allylic oxidation sites excluding steroid dienone is 1. The van der Waals surface area contributed by atoms with E-state index in [1.165, 1.54) is 6.29 Å². The number of benzene rings is 3. The molecule has 0 aliphatic heterocycles. The first-order valence-electron chi connectivity index (χ1n) is 19.6. The lowest BCUT2D eigenvalue weighted by atomic mass is 9.52. The van der Waals surface area contributed by atoms with Gasteiger partial charge in [0.05, 0.1) is 40.6 Å². The first-order valence-corrected chi connectivity index (χ1v) is 19.6. The molecule has 3 aromatic carbocycles. The quantitative estimate of drug-likeness (QED) is 0.0521. The number of unbranched alkanes of at least 4 members (excludes halogenated alkanes) is 1. The van der Waals surface area contributed by atoms with E-state index in [4.69, 9.17) is 28.4 Å². The molecule has 290 valence electrons. The molecule has 2 saturated carbocycles. The molecule has 2 fully saturated rings. The van der Waals surface area contributed by atoms with E-state index in [0.717, 1.165) is 65.2 Å². The summed E-state index contributed by atoms with van der Waals surface area (Å²) in [6, 6.07) is 23.5. The fourth-order valence-electron chi connectivity index (χ4n) is 9.92. The molecule has 3 aliphatic rings. The number of esters is 1. The van der Waals surface area contributed by atoms with Gasteiger partial charge >= 0.3 is 5.97 Å². The fourth-order valence-corrected chi connectivity index (χ4v) is 9.92. The average molecular weight is 739 g/mol. The summed E-state index contributed by atoms with van der Waals surface area (Å²) in [6.45, 7) is 8.38. The molecule has 2 bridgehead atoms. The van der Waals surface area contributed by atoms with Gasteiger partial charge in [0, 0.05) is 12.0 Å². The maximum Gasteiger partial charge on any atom is 0.317 e. The number of carbonyl (C=O) groups is 2. The predicted octanol–water partition coefficient (Wildman–Crippen LogP) is 9.18. The molecule has 54 heavy (non-hydrogen) atoms. The summed E-state index contributed by atoms with van der Waals surface area (Å²) >= 11 is 0. The summed E-state index contributed by atoms with van der Waals surface area (Å²) < 4.78 is 35.0. The standard InChI is InChI=1S/C46H58O8/c1-31(2)41-23-36-25-45(30-47,46(41,26-36)44(48)54-29-35-14-20-39(51-6)21-15-35)42-24-43(53-28-34-12-18-38(50-5)19-13-34)32(3)40(42)9-7-8-22-52-27-33-10-16-37(49-4)17-11-33/h10-21,23,30-32,36,40,42-43H,7-9,22,24-29H2,1-6H3. The fraction of sp³-hybridized carbons (Fsp3) is 0.522. The third-order valence-corrected chi connectivity index (χ3v) is 12.6. The zero-order chi connectivity index (χ0) is 38.3. The van der Waals surface area contributed by atoms with Crippen molar-refractivity contribution in [2.75, 3.05) is 27.9 Å². The molecule has 0 spiro atoms. The van der Waals surface area contributed by atoms with Gasteiger partial charge < -0.3 is 33.2 Å². The number of hydrogen-bond donors (Lipinski definition) is 0. The molecule has 0 N–H and O–H groups in total. The highest BCUT2D eigenvalue weighted by atomic mass is 16.5. The van der Waals surface area contributed by atoms with Gasteiger partial charge in [-0.25, -0.2) is 0 Å². The van der Waals surface area contributed by atoms with Crippen LogP contribution in [0.5, 0.6) is 17.2 Å². The summed E-state index contributed by atoms with van der Waals surface area (Å²) in [7, 11) is 4.96. The Balaban J connectivity index is 1.22. The summed E-state index contributed by atoms with van der Waals surface area (Å²) in [5, 5.41) is 0. The van der Waals surface area contributed by atoms with Crippen molar-refractivity contribution in [1.82, 2.24) is 0 Å². The van der Waals surface area contributed by atoms with Gasteiger partial charge in [-0.2, -0.15) is 0 Å². The Morgan fingerprint density at radius 3 is 1.87 bits per heavy atom. The highest BCUT2D eigenvalue weighted by Crippen LogP contribution is 2.71. The van der Waals surface area contributed by atoms with Crippen LogP contribution in [-0.2, 0) is 43.6 Å². The average Bonchev–Trinajstić information content (AvgIpc) is 3.87. The molecule has 8 nitrogen and oxygen atoms in total. The molecule has 0 saturated heterocycles. The second kappa shape index (κ2) is 17.5. The number of aldehydes is 1. The van der Waals surface area contributed by atoms with Gasteiger partial charge in [0.1, 0.15) is 35.6 Å². The van der Waals surface area contributed by atoms with Crippen molar-refractivity contribution in [3.8, 4) is 17.2 Å². The van der Waals surface area contributed by atoms with Gasteiger partial charge in [0.2, 0.25) is 0 Å². The van der Waals surface area contributed by atoms with E-state index >= 15 is 0 Å². The second-order valence-corrected chi connectivity index (χ2v) is 15.9. The highest BCUT2D eigenvalue weighted by Gasteiger charge is 2.72. The molecular weight excluding hydrogens is 680 g/mol. The van der Waals surface area contributed by atoms with Crippen LogP contribution in [0.25, 0.3) is 0 Å². The van der Waals surface area contributed by atoms with Crippen molar-refractivity contribution in [2.24, 2.45) is 40.4 Å². The van der Waals surface area contributed by atoms with Gasteiger partial charge in [-0.1, -0.05) is 75.2 Å². The smallest absolute Gasteiger partial charge is 0.317 e. The van der Waals surface area contributed by atoms with E-state index in [1.807, 2.05) is 72.8 Å². The van der Waals surface area contributed by atoms with E-state index in [1.54, 1.807) is 21.3 Å². The normalized spacial score (nSPS) is 27.2. The van der Waals surface area contributed by atoms with Crippen LogP contribution in [0.2, 0.25) is 0 Å². The zero-order valence-electron chi connectivity index (χ0n) is 32.9. The number of methoxy groups -OCH3 is 3. The summed E-state index contributed by atoms with van der Waals surface area (Å²) in [5.41, 5.74) is 2.24. The molecule has 0 amide bonds. The van der Waals surface area contributed by atoms with Crippen molar-refractivity contribution in [2.45, 2.75) is 85.2 Å². The SMILES string of the molecule is COc1ccc(COCCCCC2C(C)C(OCc3ccc(OC)cc3)CC2C2(C=O)CC3C=C(C(C)C)C2(C(=O)OCc2ccc(OC)cc2)C3)cc1. The summed E-state index contributed by atoms with van der Waals surface area (Å²) in [4.78, 5) is 28.8. The first kappa shape index (κ1) is 39.6. The lowest BCUT2D eigenvalue weighted by Crippen LogP contribution is -2.53. The molecule has 3 aliphatic carbocycles. The van der Waals surface area contributed by atoms with Crippen LogP contribution in [0, 0.1) is 40.4 Å². The Morgan fingerprint density at radius 1 is 0.778 bits per heavy atom. The molecule has 0 radical (unpaired) electrons. The lowest BCUT2D eigenvalue weighted by Gasteiger charge is -2.49. The molecule has 7 unspecified atom stereocenters. The zero-order valence-corrected chi connectivity index (χ0v) is 32.9. The molecule has 6 rings (SSSR count). The third kappa shape index (κ3) is 7.97. The predicted molar refractivity (Wildman–Crippen MR) is 208 cm³/mol. The van der Waals surface area contributed by atoms with Crippen LogP contribution in [0.15, 0.2) is 84.4 Å². The van der Waals surface area contributed by atoms with Crippen LogP contribution in [0.4, 0.5) is 0 Å². The van der Waals surface area contributed by atoms with Crippen molar-refractivity contribution in [3.05, 3.63) is 101 Å². The van der Waals surface area contributed by atoms with Crippen LogP contribution in [0.1, 0.15) is 76.0 Å². The minimum atomic E-state index is -1.00. The Labute approximate surface area is 321 Å². The Kier molecular flexibility index (Phi) is 12.9. The summed E-state index contributed by atoms with van der Waals surface area (Å²) in [5.74, 6) is 2.73. The topological polar surface area (TPSA) is 89.5 Å². The number of carbonyl (C=O) groups excluding carboxylic acids is 2. The Morgan fingerprint density at radius 2 is 1.33 bits per heavy atom. The minimum absolute atomic E-state index is 0.0351. The number of rotatable bonds is 19. The second-order valence-electron chi connectivity index (χ2n) is 15.9. The molecule has 0 aromatic heterocycles. The maximum absolute atomic E-state index is 14.8. The van der Waals surface area contributed by atoms with Gasteiger partial charge in [-0.05, 0) is 115 Å².